The first-order valence-electron chi connectivity index (χ1n) is 10.9. The summed E-state index contributed by atoms with van der Waals surface area (Å²) in [5.74, 6) is -0.113. The third-order valence-corrected chi connectivity index (χ3v) is 5.87. The van der Waals surface area contributed by atoms with E-state index >= 15 is 0 Å². The molecule has 1 aliphatic rings. The van der Waals surface area contributed by atoms with E-state index in [9.17, 15) is 23.1 Å². The number of benzene rings is 1. The van der Waals surface area contributed by atoms with Crippen molar-refractivity contribution in [1.82, 2.24) is 15.3 Å². The van der Waals surface area contributed by atoms with Gasteiger partial charge in [-0.2, -0.15) is 13.2 Å². The van der Waals surface area contributed by atoms with Crippen molar-refractivity contribution >= 4 is 16.8 Å². The number of halogens is 3. The van der Waals surface area contributed by atoms with Crippen LogP contribution in [0.4, 0.5) is 13.2 Å². The molecule has 11 heteroatoms. The first kappa shape index (κ1) is 24.0. The third-order valence-electron chi connectivity index (χ3n) is 5.87. The number of rotatable bonds is 5. The van der Waals surface area contributed by atoms with Crippen LogP contribution in [0.2, 0.25) is 0 Å². The summed E-state index contributed by atoms with van der Waals surface area (Å²) in [6.07, 6.45) is -2.51. The topological polar surface area (TPSA) is 124 Å². The fraction of sp³-hybridized carbons (Fsp3) is 0.435. The molecule has 0 radical (unpaired) electrons. The maximum Gasteiger partial charge on any atom is 0.433 e. The van der Waals surface area contributed by atoms with Crippen LogP contribution in [-0.2, 0) is 6.18 Å². The lowest BCUT2D eigenvalue weighted by Crippen LogP contribution is -2.39. The molecule has 1 aromatic carbocycles. The summed E-state index contributed by atoms with van der Waals surface area (Å²) in [4.78, 5) is 21.1. The predicted octanol–water partition coefficient (Wildman–Crippen LogP) is 3.97. The predicted molar refractivity (Wildman–Crippen MR) is 117 cm³/mol. The Morgan fingerprint density at radius 2 is 1.91 bits per heavy atom. The van der Waals surface area contributed by atoms with Crippen LogP contribution < -0.4 is 15.8 Å². The number of nitrogens with zero attached hydrogens (tertiary/aromatic N) is 2. The van der Waals surface area contributed by atoms with Gasteiger partial charge in [0, 0.05) is 17.0 Å². The number of amides is 1. The number of alkyl halides is 3. The smallest absolute Gasteiger partial charge is 0.433 e. The standard InChI is InChI=1S/C23H25F3N4O4/c1-11(27)20-19(21(32)28-12-3-5-13(31)6-4-12)30-22(34-20)15-7-9-16(33-2)18-14(15)8-10-17(29-18)23(24,25)26/h7-13,31H,3-6,27H2,1-2H3,(H,28,32)/t11-,12?,13?/m0/s1. The largest absolute Gasteiger partial charge is 0.494 e. The number of hydrogen-bond acceptors (Lipinski definition) is 7. The Bertz CT molecular complexity index is 1200. The van der Waals surface area contributed by atoms with Gasteiger partial charge in [0.15, 0.2) is 11.5 Å². The summed E-state index contributed by atoms with van der Waals surface area (Å²) in [5.41, 5.74) is 5.31. The van der Waals surface area contributed by atoms with E-state index in [1.807, 2.05) is 0 Å². The number of pyridine rings is 1. The van der Waals surface area contributed by atoms with Gasteiger partial charge in [-0.25, -0.2) is 9.97 Å². The van der Waals surface area contributed by atoms with Crippen LogP contribution in [0, 0.1) is 0 Å². The molecule has 2 heterocycles. The first-order valence-corrected chi connectivity index (χ1v) is 10.9. The van der Waals surface area contributed by atoms with Crippen molar-refractivity contribution in [2.24, 2.45) is 5.73 Å². The van der Waals surface area contributed by atoms with Gasteiger partial charge in [-0.1, -0.05) is 0 Å². The molecule has 3 aromatic rings. The van der Waals surface area contributed by atoms with E-state index < -0.39 is 23.8 Å². The number of oxazole rings is 1. The van der Waals surface area contributed by atoms with Crippen LogP contribution in [0.3, 0.4) is 0 Å². The van der Waals surface area contributed by atoms with E-state index in [-0.39, 0.29) is 40.8 Å². The van der Waals surface area contributed by atoms with Crippen LogP contribution in [0.15, 0.2) is 28.7 Å². The molecule has 2 aromatic heterocycles. The number of carbonyl (C=O) groups is 1. The fourth-order valence-electron chi connectivity index (χ4n) is 4.09. The minimum Gasteiger partial charge on any atom is -0.494 e. The zero-order chi connectivity index (χ0) is 24.6. The van der Waals surface area contributed by atoms with E-state index in [0.717, 1.165) is 6.07 Å². The molecule has 1 saturated carbocycles. The van der Waals surface area contributed by atoms with Crippen molar-refractivity contribution in [2.75, 3.05) is 7.11 Å². The second-order valence-electron chi connectivity index (χ2n) is 8.41. The van der Waals surface area contributed by atoms with E-state index in [4.69, 9.17) is 14.9 Å². The highest BCUT2D eigenvalue weighted by molar-refractivity contribution is 5.98. The normalized spacial score (nSPS) is 19.7. The van der Waals surface area contributed by atoms with Crippen LogP contribution in [-0.4, -0.2) is 40.2 Å². The fourth-order valence-corrected chi connectivity index (χ4v) is 4.09. The highest BCUT2D eigenvalue weighted by Gasteiger charge is 2.33. The third kappa shape index (κ3) is 4.71. The number of hydrogen-bond donors (Lipinski definition) is 3. The monoisotopic (exact) mass is 478 g/mol. The molecule has 1 fully saturated rings. The molecule has 4 rings (SSSR count). The highest BCUT2D eigenvalue weighted by Crippen LogP contribution is 2.37. The Labute approximate surface area is 193 Å². The summed E-state index contributed by atoms with van der Waals surface area (Å²) in [7, 11) is 1.34. The molecule has 0 spiro atoms. The van der Waals surface area contributed by atoms with Crippen LogP contribution in [0.1, 0.15) is 60.6 Å². The summed E-state index contributed by atoms with van der Waals surface area (Å²) in [6.45, 7) is 1.64. The molecule has 1 aliphatic carbocycles. The van der Waals surface area contributed by atoms with Crippen molar-refractivity contribution in [2.45, 2.75) is 57.0 Å². The van der Waals surface area contributed by atoms with E-state index in [1.54, 1.807) is 13.0 Å². The average molecular weight is 478 g/mol. The van der Waals surface area contributed by atoms with Crippen LogP contribution in [0.5, 0.6) is 5.75 Å². The minimum absolute atomic E-state index is 0.0119. The molecule has 182 valence electrons. The molecular formula is C23H25F3N4O4. The number of methoxy groups -OCH3 is 1. The summed E-state index contributed by atoms with van der Waals surface area (Å²) >= 11 is 0. The van der Waals surface area contributed by atoms with Crippen molar-refractivity contribution < 1.29 is 32.2 Å². The van der Waals surface area contributed by atoms with Crippen LogP contribution >= 0.6 is 0 Å². The number of nitrogens with one attached hydrogen (secondary N) is 1. The Kier molecular flexibility index (Phi) is 6.50. The molecule has 1 amide bonds. The molecule has 0 bridgehead atoms. The van der Waals surface area contributed by atoms with E-state index in [2.05, 4.69) is 15.3 Å². The lowest BCUT2D eigenvalue weighted by molar-refractivity contribution is -0.140. The number of aromatic nitrogens is 2. The highest BCUT2D eigenvalue weighted by atomic mass is 19.4. The second-order valence-corrected chi connectivity index (χ2v) is 8.41. The lowest BCUT2D eigenvalue weighted by Gasteiger charge is -2.25. The number of aliphatic hydroxyl groups is 1. The molecular weight excluding hydrogens is 453 g/mol. The van der Waals surface area contributed by atoms with Gasteiger partial charge >= 0.3 is 6.18 Å². The number of nitrogens with two attached hydrogens (primary N) is 1. The van der Waals surface area contributed by atoms with Crippen LogP contribution in [0.25, 0.3) is 22.4 Å². The molecule has 0 saturated heterocycles. The molecule has 34 heavy (non-hydrogen) atoms. The van der Waals surface area contributed by atoms with Crippen molar-refractivity contribution in [1.29, 1.82) is 0 Å². The first-order chi connectivity index (χ1) is 16.1. The van der Waals surface area contributed by atoms with Gasteiger partial charge in [-0.15, -0.1) is 0 Å². The molecule has 1 atom stereocenters. The van der Waals surface area contributed by atoms with Crippen molar-refractivity contribution in [3.05, 3.63) is 41.4 Å². The van der Waals surface area contributed by atoms with E-state index in [1.165, 1.54) is 19.2 Å². The zero-order valence-electron chi connectivity index (χ0n) is 18.6. The Hall–Kier alpha value is -3.18. The van der Waals surface area contributed by atoms with Gasteiger partial charge in [-0.3, -0.25) is 4.79 Å². The Morgan fingerprint density at radius 3 is 2.53 bits per heavy atom. The Balaban J connectivity index is 1.74. The number of fused-ring (bicyclic) bond motifs is 1. The number of ether oxygens (including phenoxy) is 1. The number of aliphatic hydroxyl groups excluding tert-OH is 1. The lowest BCUT2D eigenvalue weighted by atomic mass is 9.93. The van der Waals surface area contributed by atoms with Gasteiger partial charge in [0.1, 0.15) is 17.0 Å². The summed E-state index contributed by atoms with van der Waals surface area (Å²) < 4.78 is 50.7. The number of carbonyl (C=O) groups excluding carboxylic acids is 1. The van der Waals surface area contributed by atoms with Crippen molar-refractivity contribution in [3.8, 4) is 17.2 Å². The summed E-state index contributed by atoms with van der Waals surface area (Å²) in [5, 5.41) is 12.9. The maximum absolute atomic E-state index is 13.2. The quantitative estimate of drug-likeness (QED) is 0.507. The molecule has 8 nitrogen and oxygen atoms in total. The SMILES string of the molecule is COc1ccc(-c2nc(C(=O)NC3CCC(O)CC3)c([C@H](C)N)o2)c2ccc(C(F)(F)F)nc12. The maximum atomic E-state index is 13.2. The van der Waals surface area contributed by atoms with Crippen molar-refractivity contribution in [3.63, 3.8) is 0 Å². The van der Waals surface area contributed by atoms with Gasteiger partial charge in [0.05, 0.1) is 19.3 Å². The van der Waals surface area contributed by atoms with Gasteiger partial charge in [-0.05, 0) is 56.9 Å². The molecule has 4 N–H and O–H groups in total. The Morgan fingerprint density at radius 1 is 1.21 bits per heavy atom. The van der Waals surface area contributed by atoms with Gasteiger partial charge < -0.3 is 25.3 Å². The molecule has 0 unspecified atom stereocenters. The van der Waals surface area contributed by atoms with Gasteiger partial charge in [0.25, 0.3) is 5.91 Å². The van der Waals surface area contributed by atoms with E-state index in [0.29, 0.717) is 36.6 Å². The second kappa shape index (κ2) is 9.22. The van der Waals surface area contributed by atoms with Gasteiger partial charge in [0.2, 0.25) is 5.89 Å². The molecule has 0 aliphatic heterocycles. The zero-order valence-corrected chi connectivity index (χ0v) is 18.6. The minimum atomic E-state index is -4.62. The average Bonchev–Trinajstić information content (AvgIpc) is 3.24. The summed E-state index contributed by atoms with van der Waals surface area (Å²) in [6, 6.07) is 4.42.